The fourth-order valence-corrected chi connectivity index (χ4v) is 0.704. The minimum absolute atomic E-state index is 0.0170. The van der Waals surface area contributed by atoms with E-state index in [0.717, 1.165) is 0 Å². The lowest BCUT2D eigenvalue weighted by molar-refractivity contribution is -0.0620. The zero-order valence-electron chi connectivity index (χ0n) is 10.8. The van der Waals surface area contributed by atoms with Gasteiger partial charge in [-0.15, -0.1) is 11.6 Å². The maximum atomic E-state index is 8.92. The minimum atomic E-state index is -0.447. The molecule has 0 amide bonds. The summed E-state index contributed by atoms with van der Waals surface area (Å²) in [4.78, 5) is 0. The Morgan fingerprint density at radius 2 is 1.47 bits per heavy atom. The molecule has 0 bridgehead atoms. The minimum Gasteiger partial charge on any atom is -0.395 e. The average Bonchev–Trinajstić information content (AvgIpc) is 2.33. The van der Waals surface area contributed by atoms with E-state index in [1.165, 1.54) is 0 Å². The van der Waals surface area contributed by atoms with Gasteiger partial charge in [0.15, 0.2) is 0 Å². The number of ether oxygens (including phenoxy) is 2. The van der Waals surface area contributed by atoms with Gasteiger partial charge < -0.3 is 24.8 Å². The molecule has 0 saturated heterocycles. The molecule has 0 saturated carbocycles. The molecule has 6 heteroatoms. The number of hydrogen-bond donors (Lipinski definition) is 3. The summed E-state index contributed by atoms with van der Waals surface area (Å²) in [6.07, 6.45) is -0.654. The summed E-state index contributed by atoms with van der Waals surface area (Å²) in [6, 6.07) is 0. The van der Waals surface area contributed by atoms with Crippen LogP contribution in [0.15, 0.2) is 0 Å². The third kappa shape index (κ3) is 18.6. The molecule has 0 aromatic carbocycles. The molecule has 3 atom stereocenters. The van der Waals surface area contributed by atoms with E-state index in [2.05, 4.69) is 0 Å². The molecule has 3 N–H and O–H groups in total. The van der Waals surface area contributed by atoms with Gasteiger partial charge in [0.1, 0.15) is 0 Å². The summed E-state index contributed by atoms with van der Waals surface area (Å²) in [5.74, 6) is 0.347. The molecule has 0 aliphatic heterocycles. The van der Waals surface area contributed by atoms with Crippen LogP contribution < -0.4 is 0 Å². The van der Waals surface area contributed by atoms with Gasteiger partial charge in [0.25, 0.3) is 0 Å². The molecule has 106 valence electrons. The molecule has 0 rings (SSSR count). The van der Waals surface area contributed by atoms with Gasteiger partial charge >= 0.3 is 0 Å². The standard InChI is InChI=1S/C9H20O4.C2H5ClO/c1-7(11)5-12-9(3)6-13-8(2)4-10;3-1-2-4/h7-11H,4-6H2,1-3H3;4H,1-2H2. The molecule has 0 radical (unpaired) electrons. The van der Waals surface area contributed by atoms with Crippen LogP contribution in [0.3, 0.4) is 0 Å². The van der Waals surface area contributed by atoms with Gasteiger partial charge in [0.05, 0.1) is 44.7 Å². The molecule has 0 aromatic heterocycles. The summed E-state index contributed by atoms with van der Waals surface area (Å²) >= 11 is 4.94. The maximum Gasteiger partial charge on any atom is 0.0781 e. The second-order valence-corrected chi connectivity index (χ2v) is 4.11. The van der Waals surface area contributed by atoms with Crippen LogP contribution in [0.5, 0.6) is 0 Å². The van der Waals surface area contributed by atoms with E-state index in [1.807, 2.05) is 6.92 Å². The molecular weight excluding hydrogens is 248 g/mol. The summed E-state index contributed by atoms with van der Waals surface area (Å²) in [5.41, 5.74) is 0. The highest BCUT2D eigenvalue weighted by molar-refractivity contribution is 6.17. The van der Waals surface area contributed by atoms with Crippen molar-refractivity contribution in [3.8, 4) is 0 Å². The highest BCUT2D eigenvalue weighted by Crippen LogP contribution is 1.97. The van der Waals surface area contributed by atoms with Crippen LogP contribution in [0.1, 0.15) is 20.8 Å². The predicted molar refractivity (Wildman–Crippen MR) is 67.4 cm³/mol. The van der Waals surface area contributed by atoms with Crippen LogP contribution in [-0.4, -0.2) is 65.9 Å². The van der Waals surface area contributed by atoms with Gasteiger partial charge in [-0.25, -0.2) is 0 Å². The lowest BCUT2D eigenvalue weighted by Crippen LogP contribution is -2.24. The first-order chi connectivity index (χ1) is 7.97. The number of aliphatic hydroxyl groups excluding tert-OH is 3. The molecule has 0 aromatic rings. The van der Waals surface area contributed by atoms with E-state index in [-0.39, 0.29) is 25.4 Å². The van der Waals surface area contributed by atoms with E-state index in [4.69, 9.17) is 36.4 Å². The van der Waals surface area contributed by atoms with Crippen molar-refractivity contribution in [1.29, 1.82) is 0 Å². The van der Waals surface area contributed by atoms with Gasteiger partial charge in [-0.3, -0.25) is 0 Å². The topological polar surface area (TPSA) is 79.2 Å². The van der Waals surface area contributed by atoms with Crippen molar-refractivity contribution in [3.05, 3.63) is 0 Å². The summed E-state index contributed by atoms with van der Waals surface area (Å²) in [7, 11) is 0. The van der Waals surface area contributed by atoms with Crippen molar-refractivity contribution in [3.63, 3.8) is 0 Å². The molecule has 0 fully saturated rings. The molecule has 0 aliphatic rings. The van der Waals surface area contributed by atoms with Crippen LogP contribution in [0, 0.1) is 0 Å². The number of alkyl halides is 1. The first-order valence-electron chi connectivity index (χ1n) is 5.66. The number of rotatable bonds is 8. The Balaban J connectivity index is 0. The number of aliphatic hydroxyl groups is 3. The number of hydrogen-bond acceptors (Lipinski definition) is 5. The fourth-order valence-electron chi connectivity index (χ4n) is 0.704. The number of halogens is 1. The second kappa shape index (κ2) is 14.2. The quantitative estimate of drug-likeness (QED) is 0.557. The largest absolute Gasteiger partial charge is 0.395 e. The third-order valence-electron chi connectivity index (χ3n) is 1.58. The first kappa shape index (κ1) is 19.4. The summed E-state index contributed by atoms with van der Waals surface area (Å²) < 4.78 is 10.5. The van der Waals surface area contributed by atoms with E-state index in [9.17, 15) is 0 Å². The lowest BCUT2D eigenvalue weighted by Gasteiger charge is -2.16. The van der Waals surface area contributed by atoms with Crippen molar-refractivity contribution < 1.29 is 24.8 Å². The molecule has 0 spiro atoms. The van der Waals surface area contributed by atoms with E-state index in [0.29, 0.717) is 19.1 Å². The van der Waals surface area contributed by atoms with E-state index >= 15 is 0 Å². The lowest BCUT2D eigenvalue weighted by atomic mass is 10.4. The van der Waals surface area contributed by atoms with Crippen molar-refractivity contribution >= 4 is 11.6 Å². The van der Waals surface area contributed by atoms with E-state index < -0.39 is 6.10 Å². The van der Waals surface area contributed by atoms with Crippen LogP contribution >= 0.6 is 11.6 Å². The second-order valence-electron chi connectivity index (χ2n) is 3.73. The zero-order valence-corrected chi connectivity index (χ0v) is 11.6. The Bertz CT molecular complexity index is 144. The SMILES string of the molecule is CC(O)COC(C)COC(C)CO.OCCCl. The van der Waals surface area contributed by atoms with Gasteiger partial charge in [-0.05, 0) is 20.8 Å². The fraction of sp³-hybridized carbons (Fsp3) is 1.00. The van der Waals surface area contributed by atoms with Gasteiger partial charge in [0, 0.05) is 5.88 Å². The highest BCUT2D eigenvalue weighted by atomic mass is 35.5. The van der Waals surface area contributed by atoms with Crippen molar-refractivity contribution in [2.45, 2.75) is 39.1 Å². The third-order valence-corrected chi connectivity index (χ3v) is 1.75. The van der Waals surface area contributed by atoms with E-state index in [1.54, 1.807) is 13.8 Å². The Labute approximate surface area is 108 Å². The first-order valence-corrected chi connectivity index (χ1v) is 6.20. The Morgan fingerprint density at radius 3 is 1.82 bits per heavy atom. The van der Waals surface area contributed by atoms with Crippen LogP contribution in [0.25, 0.3) is 0 Å². The molecule has 17 heavy (non-hydrogen) atoms. The Hall–Kier alpha value is 0.0900. The molecule has 0 heterocycles. The maximum absolute atomic E-state index is 8.92. The Kier molecular flexibility index (Phi) is 16.2. The van der Waals surface area contributed by atoms with Crippen molar-refractivity contribution in [2.24, 2.45) is 0 Å². The smallest absolute Gasteiger partial charge is 0.0781 e. The summed E-state index contributed by atoms with van der Waals surface area (Å²) in [5, 5.41) is 25.3. The van der Waals surface area contributed by atoms with Crippen molar-refractivity contribution in [1.82, 2.24) is 0 Å². The van der Waals surface area contributed by atoms with Crippen LogP contribution in [-0.2, 0) is 9.47 Å². The summed E-state index contributed by atoms with van der Waals surface area (Å²) in [6.45, 7) is 6.19. The van der Waals surface area contributed by atoms with Crippen molar-refractivity contribution in [2.75, 3.05) is 32.3 Å². The molecule has 5 nitrogen and oxygen atoms in total. The normalized spacial score (nSPS) is 15.7. The van der Waals surface area contributed by atoms with Gasteiger partial charge in [-0.2, -0.15) is 0 Å². The van der Waals surface area contributed by atoms with Gasteiger partial charge in [0.2, 0.25) is 0 Å². The monoisotopic (exact) mass is 272 g/mol. The van der Waals surface area contributed by atoms with Crippen LogP contribution in [0.4, 0.5) is 0 Å². The predicted octanol–water partition coefficient (Wildman–Crippen LogP) is 0.387. The average molecular weight is 273 g/mol. The van der Waals surface area contributed by atoms with Gasteiger partial charge in [-0.1, -0.05) is 0 Å². The highest BCUT2D eigenvalue weighted by Gasteiger charge is 2.06. The molecular formula is C11H25ClO5. The zero-order chi connectivity index (χ0) is 13.7. The Morgan fingerprint density at radius 1 is 1.00 bits per heavy atom. The molecule has 3 unspecified atom stereocenters. The van der Waals surface area contributed by atoms with Crippen LogP contribution in [0.2, 0.25) is 0 Å². The molecule has 0 aliphatic carbocycles.